The van der Waals surface area contributed by atoms with Crippen molar-refractivity contribution >= 4 is 11.9 Å². The molecule has 1 fully saturated rings. The highest BCUT2D eigenvalue weighted by Gasteiger charge is 2.26. The first-order chi connectivity index (χ1) is 8.61. The van der Waals surface area contributed by atoms with E-state index >= 15 is 0 Å². The summed E-state index contributed by atoms with van der Waals surface area (Å²) in [6.45, 7) is 2.73. The van der Waals surface area contributed by atoms with E-state index in [1.165, 1.54) is 6.07 Å². The quantitative estimate of drug-likeness (QED) is 0.873. The van der Waals surface area contributed by atoms with Crippen LogP contribution in [0.15, 0.2) is 24.3 Å². The van der Waals surface area contributed by atoms with E-state index in [1.807, 2.05) is 6.92 Å². The van der Waals surface area contributed by atoms with Crippen molar-refractivity contribution in [2.45, 2.75) is 32.2 Å². The molecule has 1 aliphatic rings. The summed E-state index contributed by atoms with van der Waals surface area (Å²) >= 11 is 0. The summed E-state index contributed by atoms with van der Waals surface area (Å²) in [4.78, 5) is 25.3. The summed E-state index contributed by atoms with van der Waals surface area (Å²) in [7, 11) is 0. The lowest BCUT2D eigenvalue weighted by atomic mass is 10.0. The summed E-state index contributed by atoms with van der Waals surface area (Å²) in [5.41, 5.74) is 0.374. The van der Waals surface area contributed by atoms with Crippen LogP contribution in [0.25, 0.3) is 0 Å². The van der Waals surface area contributed by atoms with Crippen LogP contribution in [0.5, 0.6) is 0 Å². The Kier molecular flexibility index (Phi) is 3.65. The molecule has 0 radical (unpaired) electrons. The molecule has 18 heavy (non-hydrogen) atoms. The van der Waals surface area contributed by atoms with Gasteiger partial charge in [0.15, 0.2) is 0 Å². The lowest BCUT2D eigenvalue weighted by molar-refractivity contribution is 0.0613. The number of benzene rings is 1. The predicted molar refractivity (Wildman–Crippen MR) is 67.8 cm³/mol. The Morgan fingerprint density at radius 2 is 1.89 bits per heavy atom. The number of carbonyl (C=O) groups excluding carboxylic acids is 1. The van der Waals surface area contributed by atoms with Crippen molar-refractivity contribution < 1.29 is 14.7 Å². The first-order valence-corrected chi connectivity index (χ1v) is 6.24. The highest BCUT2D eigenvalue weighted by molar-refractivity contribution is 6.04. The molecule has 1 aromatic carbocycles. The third-order valence-electron chi connectivity index (χ3n) is 3.45. The number of hydrogen-bond donors (Lipinski definition) is 1. The van der Waals surface area contributed by atoms with E-state index in [1.54, 1.807) is 23.1 Å². The van der Waals surface area contributed by atoms with Crippen molar-refractivity contribution in [2.24, 2.45) is 0 Å². The van der Waals surface area contributed by atoms with Gasteiger partial charge >= 0.3 is 5.97 Å². The highest BCUT2D eigenvalue weighted by atomic mass is 16.4. The van der Waals surface area contributed by atoms with Gasteiger partial charge in [0.25, 0.3) is 5.91 Å². The van der Waals surface area contributed by atoms with Crippen molar-refractivity contribution in [3.63, 3.8) is 0 Å². The van der Waals surface area contributed by atoms with E-state index < -0.39 is 5.97 Å². The van der Waals surface area contributed by atoms with Crippen molar-refractivity contribution in [1.29, 1.82) is 0 Å². The fourth-order valence-corrected chi connectivity index (χ4v) is 2.41. The van der Waals surface area contributed by atoms with Gasteiger partial charge in [0.05, 0.1) is 11.1 Å². The molecule has 2 rings (SSSR count). The van der Waals surface area contributed by atoms with E-state index in [-0.39, 0.29) is 17.5 Å². The third-order valence-corrected chi connectivity index (χ3v) is 3.45. The molecule has 0 unspecified atom stereocenters. The molecule has 0 saturated carbocycles. The maximum Gasteiger partial charge on any atom is 0.336 e. The van der Waals surface area contributed by atoms with Gasteiger partial charge in [-0.15, -0.1) is 0 Å². The van der Waals surface area contributed by atoms with Crippen LogP contribution < -0.4 is 0 Å². The van der Waals surface area contributed by atoms with E-state index in [0.717, 1.165) is 19.3 Å². The number of likely N-dealkylation sites (tertiary alicyclic amines) is 1. The van der Waals surface area contributed by atoms with Crippen molar-refractivity contribution in [3.8, 4) is 0 Å². The molecule has 1 atom stereocenters. The largest absolute Gasteiger partial charge is 0.478 e. The van der Waals surface area contributed by atoms with E-state index in [9.17, 15) is 9.59 Å². The zero-order chi connectivity index (χ0) is 13.1. The molecule has 1 aliphatic heterocycles. The maximum atomic E-state index is 12.4. The lowest BCUT2D eigenvalue weighted by Gasteiger charge is -2.33. The second kappa shape index (κ2) is 5.21. The second-order valence-electron chi connectivity index (χ2n) is 4.69. The van der Waals surface area contributed by atoms with Crippen LogP contribution in [0.3, 0.4) is 0 Å². The van der Waals surface area contributed by atoms with Gasteiger partial charge in [-0.05, 0) is 38.3 Å². The van der Waals surface area contributed by atoms with Gasteiger partial charge in [-0.25, -0.2) is 4.79 Å². The van der Waals surface area contributed by atoms with E-state index in [4.69, 9.17) is 5.11 Å². The summed E-state index contributed by atoms with van der Waals surface area (Å²) in [5.74, 6) is -1.22. The van der Waals surface area contributed by atoms with Gasteiger partial charge in [0.2, 0.25) is 0 Å². The molecule has 96 valence electrons. The number of aromatic carboxylic acids is 1. The first kappa shape index (κ1) is 12.6. The molecule has 0 aromatic heterocycles. The second-order valence-corrected chi connectivity index (χ2v) is 4.69. The topological polar surface area (TPSA) is 57.6 Å². The fourth-order valence-electron chi connectivity index (χ4n) is 2.41. The number of carbonyl (C=O) groups is 2. The predicted octanol–water partition coefficient (Wildman–Crippen LogP) is 2.40. The third kappa shape index (κ3) is 2.37. The normalized spacial score (nSPS) is 19.6. The summed E-state index contributed by atoms with van der Waals surface area (Å²) < 4.78 is 0. The summed E-state index contributed by atoms with van der Waals surface area (Å²) in [5, 5.41) is 9.11. The molecule has 4 nitrogen and oxygen atoms in total. The standard InChI is InChI=1S/C14H17NO3/c1-10-6-4-5-9-15(10)13(16)11-7-2-3-8-12(11)14(17)18/h2-3,7-8,10H,4-6,9H2,1H3,(H,17,18)/t10-/m0/s1. The number of carboxylic acid groups (broad SMARTS) is 1. The zero-order valence-electron chi connectivity index (χ0n) is 10.4. The van der Waals surface area contributed by atoms with Crippen LogP contribution in [0.4, 0.5) is 0 Å². The van der Waals surface area contributed by atoms with E-state index in [0.29, 0.717) is 12.1 Å². The molecule has 0 aliphatic carbocycles. The molecular formula is C14H17NO3. The maximum absolute atomic E-state index is 12.4. The monoisotopic (exact) mass is 247 g/mol. The molecule has 0 bridgehead atoms. The minimum Gasteiger partial charge on any atom is -0.478 e. The Bertz CT molecular complexity index is 470. The molecule has 1 saturated heterocycles. The number of piperidine rings is 1. The van der Waals surface area contributed by atoms with Crippen molar-refractivity contribution in [3.05, 3.63) is 35.4 Å². The SMILES string of the molecule is C[C@H]1CCCCN1C(=O)c1ccccc1C(=O)O. The molecule has 4 heteroatoms. The number of hydrogen-bond acceptors (Lipinski definition) is 2. The smallest absolute Gasteiger partial charge is 0.336 e. The Morgan fingerprint density at radius 1 is 1.22 bits per heavy atom. The number of amides is 1. The summed E-state index contributed by atoms with van der Waals surface area (Å²) in [6, 6.07) is 6.60. The van der Waals surface area contributed by atoms with Gasteiger partial charge in [-0.1, -0.05) is 12.1 Å². The Labute approximate surface area is 106 Å². The van der Waals surface area contributed by atoms with Crippen LogP contribution in [0.1, 0.15) is 46.9 Å². The van der Waals surface area contributed by atoms with Gasteiger partial charge in [-0.2, -0.15) is 0 Å². The average molecular weight is 247 g/mol. The molecule has 1 N–H and O–H groups in total. The number of rotatable bonds is 2. The van der Waals surface area contributed by atoms with Crippen molar-refractivity contribution in [1.82, 2.24) is 4.90 Å². The van der Waals surface area contributed by atoms with Crippen LogP contribution in [-0.2, 0) is 0 Å². The number of carboxylic acids is 1. The van der Waals surface area contributed by atoms with Crippen molar-refractivity contribution in [2.75, 3.05) is 6.54 Å². The fraction of sp³-hybridized carbons (Fsp3) is 0.429. The van der Waals surface area contributed by atoms with Gasteiger partial charge in [0, 0.05) is 12.6 Å². The average Bonchev–Trinajstić information content (AvgIpc) is 2.38. The highest BCUT2D eigenvalue weighted by Crippen LogP contribution is 2.20. The van der Waals surface area contributed by atoms with Gasteiger partial charge < -0.3 is 10.0 Å². The van der Waals surface area contributed by atoms with E-state index in [2.05, 4.69) is 0 Å². The molecule has 1 aromatic rings. The Balaban J connectivity index is 2.30. The minimum atomic E-state index is -1.05. The van der Waals surface area contributed by atoms with Crippen LogP contribution in [-0.4, -0.2) is 34.5 Å². The minimum absolute atomic E-state index is 0.0836. The molecule has 1 amide bonds. The zero-order valence-corrected chi connectivity index (χ0v) is 10.4. The Morgan fingerprint density at radius 3 is 2.50 bits per heavy atom. The number of nitrogens with zero attached hydrogens (tertiary/aromatic N) is 1. The molecule has 1 heterocycles. The van der Waals surface area contributed by atoms with Crippen LogP contribution in [0, 0.1) is 0 Å². The lowest BCUT2D eigenvalue weighted by Crippen LogP contribution is -2.42. The Hall–Kier alpha value is -1.84. The van der Waals surface area contributed by atoms with Gasteiger partial charge in [0.1, 0.15) is 0 Å². The first-order valence-electron chi connectivity index (χ1n) is 6.24. The molecular weight excluding hydrogens is 230 g/mol. The summed E-state index contributed by atoms with van der Waals surface area (Å²) in [6.07, 6.45) is 3.11. The van der Waals surface area contributed by atoms with Gasteiger partial charge in [-0.3, -0.25) is 4.79 Å². The van der Waals surface area contributed by atoms with Crippen LogP contribution >= 0.6 is 0 Å². The van der Waals surface area contributed by atoms with Crippen LogP contribution in [0.2, 0.25) is 0 Å². The molecule has 0 spiro atoms.